The van der Waals surface area contributed by atoms with E-state index in [0.29, 0.717) is 44.2 Å². The maximum absolute atomic E-state index is 13.4. The number of rotatable bonds is 4. The molecule has 2 saturated heterocycles. The van der Waals surface area contributed by atoms with E-state index < -0.39 is 9.84 Å². The van der Waals surface area contributed by atoms with Gasteiger partial charge in [0.25, 0.3) is 5.91 Å². The van der Waals surface area contributed by atoms with Gasteiger partial charge in [0.15, 0.2) is 15.5 Å². The smallest absolute Gasteiger partial charge is 0.274 e. The van der Waals surface area contributed by atoms with Gasteiger partial charge in [-0.25, -0.2) is 18.4 Å². The summed E-state index contributed by atoms with van der Waals surface area (Å²) in [6.07, 6.45) is 3.93. The van der Waals surface area contributed by atoms with Gasteiger partial charge in [-0.1, -0.05) is 12.1 Å². The van der Waals surface area contributed by atoms with Crippen LogP contribution in [-0.2, 0) is 9.84 Å². The first-order chi connectivity index (χ1) is 16.3. The molecule has 0 aliphatic carbocycles. The van der Waals surface area contributed by atoms with Gasteiger partial charge in [-0.2, -0.15) is 5.10 Å². The van der Waals surface area contributed by atoms with Crippen LogP contribution in [0.1, 0.15) is 34.1 Å². The van der Waals surface area contributed by atoms with Crippen molar-refractivity contribution in [2.75, 3.05) is 42.6 Å². The normalized spacial score (nSPS) is 20.0. The predicted molar refractivity (Wildman–Crippen MR) is 130 cm³/mol. The molecule has 4 heterocycles. The summed E-state index contributed by atoms with van der Waals surface area (Å²) >= 11 is 0. The summed E-state index contributed by atoms with van der Waals surface area (Å²) in [6, 6.07) is 9.44. The van der Waals surface area contributed by atoms with E-state index in [2.05, 4.69) is 33.0 Å². The van der Waals surface area contributed by atoms with E-state index in [-0.39, 0.29) is 23.5 Å². The number of carbonyl (C=O) groups is 1. The third-order valence-electron chi connectivity index (χ3n) is 6.71. The van der Waals surface area contributed by atoms with E-state index in [0.717, 1.165) is 16.8 Å². The standard InChI is InChI=1S/C24H28N6O3S/c1-17-4-5-19(14-18(17)2)22-15-21(27-30(22)20-6-13-34(32,33)16-20)23(31)28-9-11-29(12-10-28)24-25-7-3-8-26-24/h3-5,7-8,14-15,20H,6,9-13,16H2,1-2H3/t20-/m0/s1. The molecule has 0 saturated carbocycles. The van der Waals surface area contributed by atoms with Crippen molar-refractivity contribution < 1.29 is 13.2 Å². The first kappa shape index (κ1) is 22.5. The molecule has 2 aliphatic heterocycles. The molecule has 5 rings (SSSR count). The highest BCUT2D eigenvalue weighted by Gasteiger charge is 2.33. The molecule has 9 nitrogen and oxygen atoms in total. The van der Waals surface area contributed by atoms with E-state index in [4.69, 9.17) is 0 Å². The number of aromatic nitrogens is 4. The van der Waals surface area contributed by atoms with Gasteiger partial charge >= 0.3 is 0 Å². The van der Waals surface area contributed by atoms with Crippen LogP contribution in [0.4, 0.5) is 5.95 Å². The van der Waals surface area contributed by atoms with Gasteiger partial charge in [0.05, 0.1) is 23.2 Å². The number of benzene rings is 1. The second-order valence-corrected chi connectivity index (χ2v) is 11.3. The van der Waals surface area contributed by atoms with Crippen molar-refractivity contribution in [3.63, 3.8) is 0 Å². The van der Waals surface area contributed by atoms with Crippen LogP contribution in [0.5, 0.6) is 0 Å². The van der Waals surface area contributed by atoms with E-state index in [9.17, 15) is 13.2 Å². The number of carbonyl (C=O) groups excluding carboxylic acids is 1. The first-order valence-corrected chi connectivity index (χ1v) is 13.3. The summed E-state index contributed by atoms with van der Waals surface area (Å²) in [5.74, 6) is 0.726. The van der Waals surface area contributed by atoms with Crippen LogP contribution < -0.4 is 4.90 Å². The molecule has 0 bridgehead atoms. The quantitative estimate of drug-likeness (QED) is 0.565. The maximum Gasteiger partial charge on any atom is 0.274 e. The lowest BCUT2D eigenvalue weighted by molar-refractivity contribution is 0.0739. The molecule has 34 heavy (non-hydrogen) atoms. The molecule has 2 aliphatic rings. The summed E-state index contributed by atoms with van der Waals surface area (Å²) < 4.78 is 26.1. The molecule has 0 spiro atoms. The van der Waals surface area contributed by atoms with Gasteiger partial charge < -0.3 is 9.80 Å². The van der Waals surface area contributed by atoms with Gasteiger partial charge in [-0.3, -0.25) is 9.48 Å². The minimum atomic E-state index is -3.09. The van der Waals surface area contributed by atoms with Gasteiger partial charge in [-0.05, 0) is 49.6 Å². The second kappa shape index (κ2) is 8.83. The lowest BCUT2D eigenvalue weighted by Crippen LogP contribution is -2.49. The highest BCUT2D eigenvalue weighted by molar-refractivity contribution is 7.91. The SMILES string of the molecule is Cc1ccc(-c2cc(C(=O)N3CCN(c4ncccn4)CC3)nn2[C@H]2CCS(=O)(=O)C2)cc1C. The molecule has 2 fully saturated rings. The Labute approximate surface area is 199 Å². The Morgan fingerprint density at radius 3 is 2.38 bits per heavy atom. The van der Waals surface area contributed by atoms with Crippen molar-refractivity contribution in [2.45, 2.75) is 26.3 Å². The number of nitrogens with zero attached hydrogens (tertiary/aromatic N) is 6. The van der Waals surface area contributed by atoms with Crippen molar-refractivity contribution >= 4 is 21.7 Å². The zero-order valence-corrected chi connectivity index (χ0v) is 20.2. The summed E-state index contributed by atoms with van der Waals surface area (Å²) in [4.78, 5) is 25.8. The van der Waals surface area contributed by atoms with Crippen molar-refractivity contribution in [2.24, 2.45) is 0 Å². The number of sulfone groups is 1. The summed E-state index contributed by atoms with van der Waals surface area (Å²) in [7, 11) is -3.09. The van der Waals surface area contributed by atoms with Crippen LogP contribution in [0.15, 0.2) is 42.7 Å². The summed E-state index contributed by atoms with van der Waals surface area (Å²) in [6.45, 7) is 6.46. The molecule has 10 heteroatoms. The lowest BCUT2D eigenvalue weighted by Gasteiger charge is -2.34. The lowest BCUT2D eigenvalue weighted by atomic mass is 10.0. The van der Waals surface area contributed by atoms with Crippen LogP contribution in [0.3, 0.4) is 0 Å². The van der Waals surface area contributed by atoms with Crippen molar-refractivity contribution in [1.29, 1.82) is 0 Å². The van der Waals surface area contributed by atoms with Crippen molar-refractivity contribution in [1.82, 2.24) is 24.6 Å². The van der Waals surface area contributed by atoms with Crippen LogP contribution in [0.25, 0.3) is 11.3 Å². The summed E-state index contributed by atoms with van der Waals surface area (Å²) in [5.41, 5.74) is 4.38. The van der Waals surface area contributed by atoms with Gasteiger partial charge in [-0.15, -0.1) is 0 Å². The zero-order chi connectivity index (χ0) is 23.9. The topological polar surface area (TPSA) is 101 Å². The Kier molecular flexibility index (Phi) is 5.85. The zero-order valence-electron chi connectivity index (χ0n) is 19.4. The fourth-order valence-electron chi connectivity index (χ4n) is 4.59. The van der Waals surface area contributed by atoms with E-state index in [1.165, 1.54) is 5.56 Å². The van der Waals surface area contributed by atoms with Crippen LogP contribution in [0, 0.1) is 13.8 Å². The minimum absolute atomic E-state index is 0.0515. The van der Waals surface area contributed by atoms with Crippen LogP contribution in [0.2, 0.25) is 0 Å². The fraction of sp³-hybridized carbons (Fsp3) is 0.417. The molecule has 178 valence electrons. The van der Waals surface area contributed by atoms with Crippen LogP contribution in [-0.4, -0.2) is 76.7 Å². The minimum Gasteiger partial charge on any atom is -0.337 e. The fourth-order valence-corrected chi connectivity index (χ4v) is 6.28. The molecule has 2 aromatic heterocycles. The molecule has 1 atom stereocenters. The van der Waals surface area contributed by atoms with Gasteiger partial charge in [0.1, 0.15) is 0 Å². The average molecular weight is 481 g/mol. The maximum atomic E-state index is 13.4. The number of hydrogen-bond donors (Lipinski definition) is 0. The predicted octanol–water partition coefficient (Wildman–Crippen LogP) is 2.28. The third kappa shape index (κ3) is 4.42. The monoisotopic (exact) mass is 480 g/mol. The Morgan fingerprint density at radius 2 is 1.74 bits per heavy atom. The molecule has 0 unspecified atom stereocenters. The Morgan fingerprint density at radius 1 is 1.00 bits per heavy atom. The Bertz CT molecular complexity index is 1310. The number of piperazine rings is 1. The third-order valence-corrected chi connectivity index (χ3v) is 8.46. The van der Waals surface area contributed by atoms with Crippen molar-refractivity contribution in [3.05, 3.63) is 59.5 Å². The van der Waals surface area contributed by atoms with E-state index in [1.54, 1.807) is 28.0 Å². The van der Waals surface area contributed by atoms with E-state index >= 15 is 0 Å². The Hall–Kier alpha value is -3.27. The number of anilines is 1. The second-order valence-electron chi connectivity index (χ2n) is 9.04. The largest absolute Gasteiger partial charge is 0.337 e. The first-order valence-electron chi connectivity index (χ1n) is 11.5. The average Bonchev–Trinajstić information content (AvgIpc) is 3.44. The molecular weight excluding hydrogens is 452 g/mol. The Balaban J connectivity index is 1.41. The van der Waals surface area contributed by atoms with Crippen molar-refractivity contribution in [3.8, 4) is 11.3 Å². The molecule has 1 aromatic carbocycles. The van der Waals surface area contributed by atoms with E-state index in [1.807, 2.05) is 25.1 Å². The van der Waals surface area contributed by atoms with Crippen LogP contribution >= 0.6 is 0 Å². The number of amides is 1. The molecule has 0 radical (unpaired) electrons. The van der Waals surface area contributed by atoms with Gasteiger partial charge in [0, 0.05) is 44.1 Å². The highest BCUT2D eigenvalue weighted by atomic mass is 32.2. The summed E-state index contributed by atoms with van der Waals surface area (Å²) in [5, 5.41) is 4.66. The van der Waals surface area contributed by atoms with Gasteiger partial charge in [0.2, 0.25) is 5.95 Å². The highest BCUT2D eigenvalue weighted by Crippen LogP contribution is 2.31. The molecule has 0 N–H and O–H groups in total. The number of hydrogen-bond acceptors (Lipinski definition) is 7. The molecular formula is C24H28N6O3S. The number of aryl methyl sites for hydroxylation is 2. The molecule has 3 aromatic rings. The molecule has 1 amide bonds.